The van der Waals surface area contributed by atoms with Crippen molar-refractivity contribution in [2.75, 3.05) is 13.2 Å². The highest BCUT2D eigenvalue weighted by Crippen LogP contribution is 2.40. The maximum atomic E-state index is 13.3. The fraction of sp³-hybridized carbons (Fsp3) is 0.519. The van der Waals surface area contributed by atoms with Crippen LogP contribution in [0.1, 0.15) is 71.3 Å². The van der Waals surface area contributed by atoms with Gasteiger partial charge in [-0.05, 0) is 46.1 Å². The molecule has 1 aromatic rings. The summed E-state index contributed by atoms with van der Waals surface area (Å²) >= 11 is 0. The van der Waals surface area contributed by atoms with Crippen LogP contribution in [-0.2, 0) is 23.8 Å². The van der Waals surface area contributed by atoms with Gasteiger partial charge in [-0.3, -0.25) is 10.1 Å². The Morgan fingerprint density at radius 1 is 1.11 bits per heavy atom. The van der Waals surface area contributed by atoms with Gasteiger partial charge in [0.05, 0.1) is 40.4 Å². The first-order chi connectivity index (χ1) is 18.1. The third-order valence-corrected chi connectivity index (χ3v) is 6.39. The van der Waals surface area contributed by atoms with Crippen molar-refractivity contribution in [3.8, 4) is 0 Å². The molecule has 0 bridgehead atoms. The number of amides is 1. The Bertz CT molecular complexity index is 1130. The molecule has 1 aromatic carbocycles. The molecule has 0 spiro atoms. The molecule has 1 heterocycles. The van der Waals surface area contributed by atoms with Crippen molar-refractivity contribution in [3.05, 3.63) is 62.5 Å². The number of ether oxygens (including phenoxy) is 3. The number of carbonyl (C=O) groups is 3. The molecule has 0 radical (unpaired) electrons. The number of carbonyl (C=O) groups excluding carboxylic acids is 3. The first-order valence-corrected chi connectivity index (χ1v) is 12.9. The van der Waals surface area contributed by atoms with Crippen LogP contribution in [0.15, 0.2) is 46.8 Å². The van der Waals surface area contributed by atoms with Crippen molar-refractivity contribution in [1.29, 1.82) is 0 Å². The fourth-order valence-electron chi connectivity index (χ4n) is 4.75. The lowest BCUT2D eigenvalue weighted by Gasteiger charge is -2.31. The molecule has 2 N–H and O–H groups in total. The molecule has 3 rings (SSSR count). The number of nitro benzene ring substituents is 1. The third kappa shape index (κ3) is 7.11. The summed E-state index contributed by atoms with van der Waals surface area (Å²) in [7, 11) is 0. The summed E-state index contributed by atoms with van der Waals surface area (Å²) in [6, 6.07) is 5.73. The largest absolute Gasteiger partial charge is 0.463 e. The molecule has 0 aromatic heterocycles. The van der Waals surface area contributed by atoms with Gasteiger partial charge in [-0.25, -0.2) is 14.4 Å². The van der Waals surface area contributed by atoms with E-state index < -0.39 is 35.0 Å². The third-order valence-electron chi connectivity index (χ3n) is 6.39. The summed E-state index contributed by atoms with van der Waals surface area (Å²) in [4.78, 5) is 50.0. The van der Waals surface area contributed by atoms with Crippen LogP contribution in [0.25, 0.3) is 0 Å². The lowest BCUT2D eigenvalue weighted by atomic mass is 9.80. The SMILES string of the molecule is CCOC(=O)C1=C(COC(=O)NC2CCCCC2)NC(C)=C(C(=O)OC(C)C)C1c1cccc([N+](=O)[O-])c1. The van der Waals surface area contributed by atoms with Crippen LogP contribution >= 0.6 is 0 Å². The molecule has 1 amide bonds. The molecule has 11 nitrogen and oxygen atoms in total. The van der Waals surface area contributed by atoms with E-state index in [2.05, 4.69) is 10.6 Å². The van der Waals surface area contributed by atoms with Crippen molar-refractivity contribution in [3.63, 3.8) is 0 Å². The van der Waals surface area contributed by atoms with Crippen molar-refractivity contribution < 1.29 is 33.5 Å². The summed E-state index contributed by atoms with van der Waals surface area (Å²) in [5, 5.41) is 17.4. The molecular formula is C27H35N3O8. The normalized spacial score (nSPS) is 18.1. The van der Waals surface area contributed by atoms with E-state index in [9.17, 15) is 24.5 Å². The van der Waals surface area contributed by atoms with E-state index in [1.807, 2.05) is 0 Å². The van der Waals surface area contributed by atoms with Gasteiger partial charge in [0.15, 0.2) is 0 Å². The van der Waals surface area contributed by atoms with E-state index in [0.717, 1.165) is 32.1 Å². The Morgan fingerprint density at radius 3 is 2.45 bits per heavy atom. The van der Waals surface area contributed by atoms with Crippen molar-refractivity contribution in [1.82, 2.24) is 10.6 Å². The number of benzene rings is 1. The molecule has 1 saturated carbocycles. The minimum atomic E-state index is -1.05. The standard InChI is InChI=1S/C27H35N3O8/c1-5-36-25(31)24-21(15-37-27(33)29-19-11-7-6-8-12-19)28-17(4)22(26(32)38-16(2)3)23(24)18-10-9-13-20(14-18)30(34)35/h9-10,13-14,16,19,23,28H,5-8,11-12,15H2,1-4H3,(H,29,33). The lowest BCUT2D eigenvalue weighted by molar-refractivity contribution is -0.384. The van der Waals surface area contributed by atoms with Gasteiger partial charge in [0.25, 0.3) is 5.69 Å². The van der Waals surface area contributed by atoms with Crippen LogP contribution in [0.3, 0.4) is 0 Å². The van der Waals surface area contributed by atoms with Gasteiger partial charge >= 0.3 is 18.0 Å². The predicted octanol–water partition coefficient (Wildman–Crippen LogP) is 4.38. The van der Waals surface area contributed by atoms with Crippen LogP contribution in [0.2, 0.25) is 0 Å². The number of rotatable bonds is 9. The summed E-state index contributed by atoms with van der Waals surface area (Å²) in [5.74, 6) is -2.48. The van der Waals surface area contributed by atoms with Crippen LogP contribution in [0, 0.1) is 10.1 Å². The number of nitrogens with zero attached hydrogens (tertiary/aromatic N) is 1. The maximum Gasteiger partial charge on any atom is 0.407 e. The smallest absolute Gasteiger partial charge is 0.407 e. The van der Waals surface area contributed by atoms with E-state index in [-0.39, 0.29) is 41.8 Å². The van der Waals surface area contributed by atoms with Gasteiger partial charge in [0.1, 0.15) is 6.61 Å². The van der Waals surface area contributed by atoms with Crippen molar-refractivity contribution >= 4 is 23.7 Å². The van der Waals surface area contributed by atoms with E-state index in [1.165, 1.54) is 18.2 Å². The minimum absolute atomic E-state index is 0.0131. The van der Waals surface area contributed by atoms with Gasteiger partial charge in [-0.2, -0.15) is 0 Å². The highest BCUT2D eigenvalue weighted by Gasteiger charge is 2.40. The van der Waals surface area contributed by atoms with Crippen LogP contribution in [0.5, 0.6) is 0 Å². The number of hydrogen-bond donors (Lipinski definition) is 2. The van der Waals surface area contributed by atoms with Crippen LogP contribution in [0.4, 0.5) is 10.5 Å². The molecular weight excluding hydrogens is 494 g/mol. The van der Waals surface area contributed by atoms with Crippen molar-refractivity contribution in [2.45, 2.75) is 77.9 Å². The Kier molecular flexibility index (Phi) is 9.86. The first kappa shape index (κ1) is 28.7. The van der Waals surface area contributed by atoms with E-state index in [1.54, 1.807) is 33.8 Å². The zero-order valence-corrected chi connectivity index (χ0v) is 22.2. The molecule has 1 aliphatic carbocycles. The molecule has 1 unspecified atom stereocenters. The molecule has 0 saturated heterocycles. The topological polar surface area (TPSA) is 146 Å². The minimum Gasteiger partial charge on any atom is -0.463 e. The van der Waals surface area contributed by atoms with Crippen LogP contribution < -0.4 is 10.6 Å². The van der Waals surface area contributed by atoms with Crippen LogP contribution in [-0.4, -0.2) is 48.3 Å². The number of dihydropyridines is 1. The number of non-ortho nitro benzene ring substituents is 1. The molecule has 2 aliphatic rings. The quantitative estimate of drug-likeness (QED) is 0.206. The second-order valence-electron chi connectivity index (χ2n) is 9.57. The average molecular weight is 530 g/mol. The van der Waals surface area contributed by atoms with Gasteiger partial charge in [0.2, 0.25) is 0 Å². The Hall–Kier alpha value is -3.89. The summed E-state index contributed by atoms with van der Waals surface area (Å²) in [6.45, 7) is 6.40. The van der Waals surface area contributed by atoms with E-state index >= 15 is 0 Å². The number of nitro groups is 1. The summed E-state index contributed by atoms with van der Waals surface area (Å²) in [5.41, 5.74) is 0.826. The molecule has 206 valence electrons. The van der Waals surface area contributed by atoms with Gasteiger partial charge in [-0.1, -0.05) is 31.4 Å². The van der Waals surface area contributed by atoms with Gasteiger partial charge < -0.3 is 24.8 Å². The second kappa shape index (κ2) is 13.1. The highest BCUT2D eigenvalue weighted by molar-refractivity contribution is 6.00. The molecule has 1 aliphatic heterocycles. The molecule has 11 heteroatoms. The number of hydrogen-bond acceptors (Lipinski definition) is 9. The zero-order chi connectivity index (χ0) is 27.8. The lowest BCUT2D eigenvalue weighted by Crippen LogP contribution is -2.39. The Labute approximate surface area is 221 Å². The molecule has 38 heavy (non-hydrogen) atoms. The number of alkyl carbamates (subject to hydrolysis) is 1. The maximum absolute atomic E-state index is 13.3. The monoisotopic (exact) mass is 529 g/mol. The molecule has 1 fully saturated rings. The first-order valence-electron chi connectivity index (χ1n) is 12.9. The summed E-state index contributed by atoms with van der Waals surface area (Å²) in [6.07, 6.45) is 3.90. The number of allylic oxidation sites excluding steroid dienone is 1. The fourth-order valence-corrected chi connectivity index (χ4v) is 4.75. The average Bonchev–Trinajstić information content (AvgIpc) is 2.87. The number of nitrogens with one attached hydrogen (secondary N) is 2. The second-order valence-corrected chi connectivity index (χ2v) is 9.57. The van der Waals surface area contributed by atoms with E-state index in [0.29, 0.717) is 11.3 Å². The Morgan fingerprint density at radius 2 is 1.82 bits per heavy atom. The summed E-state index contributed by atoms with van der Waals surface area (Å²) < 4.78 is 16.2. The zero-order valence-electron chi connectivity index (χ0n) is 22.2. The van der Waals surface area contributed by atoms with Crippen molar-refractivity contribution in [2.24, 2.45) is 0 Å². The van der Waals surface area contributed by atoms with Gasteiger partial charge in [-0.15, -0.1) is 0 Å². The highest BCUT2D eigenvalue weighted by atomic mass is 16.6. The Balaban J connectivity index is 2.03. The van der Waals surface area contributed by atoms with E-state index in [4.69, 9.17) is 14.2 Å². The number of esters is 2. The predicted molar refractivity (Wildman–Crippen MR) is 138 cm³/mol. The molecule has 1 atom stereocenters. The van der Waals surface area contributed by atoms with Gasteiger partial charge in [0, 0.05) is 23.9 Å².